The number of aromatic nitrogens is 1. The zero-order valence-electron chi connectivity index (χ0n) is 17.3. The van der Waals surface area contributed by atoms with Crippen LogP contribution in [0.25, 0.3) is 10.2 Å². The predicted octanol–water partition coefficient (Wildman–Crippen LogP) is 4.40. The lowest BCUT2D eigenvalue weighted by atomic mass is 10.1. The van der Waals surface area contributed by atoms with Gasteiger partial charge in [-0.3, -0.25) is 9.52 Å². The third kappa shape index (κ3) is 4.17. The fraction of sp³-hybridized carbons (Fsp3) is 0.130. The lowest BCUT2D eigenvalue weighted by Crippen LogP contribution is -2.14. The first kappa shape index (κ1) is 21.0. The maximum atomic E-state index is 12.7. The second-order valence-electron chi connectivity index (χ2n) is 7.21. The van der Waals surface area contributed by atoms with Gasteiger partial charge in [-0.2, -0.15) is 4.99 Å². The van der Waals surface area contributed by atoms with Crippen molar-refractivity contribution in [3.05, 3.63) is 88.2 Å². The van der Waals surface area contributed by atoms with Gasteiger partial charge in [-0.15, -0.1) is 0 Å². The number of fused-ring (bicyclic) bond motifs is 1. The van der Waals surface area contributed by atoms with E-state index in [1.807, 2.05) is 17.7 Å². The number of amides is 1. The van der Waals surface area contributed by atoms with E-state index in [4.69, 9.17) is 0 Å². The number of sulfonamides is 1. The van der Waals surface area contributed by atoms with Gasteiger partial charge >= 0.3 is 0 Å². The molecule has 1 N–H and O–H groups in total. The lowest BCUT2D eigenvalue weighted by Gasteiger charge is -2.08. The molecule has 0 atom stereocenters. The molecule has 3 aromatic carbocycles. The highest BCUT2D eigenvalue weighted by Crippen LogP contribution is 2.23. The lowest BCUT2D eigenvalue weighted by molar-refractivity contribution is 0.0998. The first-order chi connectivity index (χ1) is 14.8. The zero-order valence-corrected chi connectivity index (χ0v) is 18.9. The van der Waals surface area contributed by atoms with Crippen LogP contribution >= 0.6 is 11.3 Å². The van der Waals surface area contributed by atoms with Gasteiger partial charge in [0, 0.05) is 18.3 Å². The maximum absolute atomic E-state index is 12.7. The van der Waals surface area contributed by atoms with Crippen LogP contribution in [0.3, 0.4) is 0 Å². The molecule has 31 heavy (non-hydrogen) atoms. The van der Waals surface area contributed by atoms with Crippen molar-refractivity contribution in [2.75, 3.05) is 4.72 Å². The van der Waals surface area contributed by atoms with Gasteiger partial charge in [0.1, 0.15) is 0 Å². The van der Waals surface area contributed by atoms with Gasteiger partial charge in [-0.05, 0) is 67.4 Å². The molecule has 0 saturated carbocycles. The minimum Gasteiger partial charge on any atom is -0.319 e. The molecule has 0 aliphatic carbocycles. The summed E-state index contributed by atoms with van der Waals surface area (Å²) in [7, 11) is -1.78. The molecule has 1 aromatic heterocycles. The number of carbonyl (C=O) groups excluding carboxylic acids is 1. The van der Waals surface area contributed by atoms with Crippen LogP contribution in [-0.2, 0) is 17.1 Å². The molecule has 158 valence electrons. The van der Waals surface area contributed by atoms with E-state index >= 15 is 0 Å². The standard InChI is InChI=1S/C23H21N3O3S2/c1-15-9-14-20-21(16(15)2)26(3)23(30-20)24-22(27)17-10-12-18(13-11-17)25-31(28,29)19-7-5-4-6-8-19/h4-14,25H,1-3H3. The smallest absolute Gasteiger partial charge is 0.279 e. The summed E-state index contributed by atoms with van der Waals surface area (Å²) >= 11 is 1.46. The molecule has 0 aliphatic rings. The number of nitrogens with zero attached hydrogens (tertiary/aromatic N) is 2. The molecule has 0 unspecified atom stereocenters. The van der Waals surface area contributed by atoms with Crippen LogP contribution in [0.15, 0.2) is 76.6 Å². The Bertz CT molecular complexity index is 1450. The van der Waals surface area contributed by atoms with Crippen LogP contribution < -0.4 is 9.52 Å². The van der Waals surface area contributed by atoms with Crippen LogP contribution in [0.4, 0.5) is 5.69 Å². The van der Waals surface area contributed by atoms with Crippen LogP contribution in [0.2, 0.25) is 0 Å². The summed E-state index contributed by atoms with van der Waals surface area (Å²) in [6.45, 7) is 4.12. The third-order valence-corrected chi connectivity index (χ3v) is 7.62. The summed E-state index contributed by atoms with van der Waals surface area (Å²) in [6.07, 6.45) is 0. The van der Waals surface area contributed by atoms with Gasteiger partial charge in [-0.25, -0.2) is 8.42 Å². The van der Waals surface area contributed by atoms with E-state index in [1.54, 1.807) is 42.5 Å². The molecule has 0 aliphatic heterocycles. The minimum atomic E-state index is -3.68. The second-order valence-corrected chi connectivity index (χ2v) is 9.90. The van der Waals surface area contributed by atoms with E-state index < -0.39 is 10.0 Å². The third-order valence-electron chi connectivity index (χ3n) is 5.12. The van der Waals surface area contributed by atoms with E-state index in [9.17, 15) is 13.2 Å². The first-order valence-electron chi connectivity index (χ1n) is 9.59. The average molecular weight is 452 g/mol. The Morgan fingerprint density at radius 1 is 0.968 bits per heavy atom. The van der Waals surface area contributed by atoms with Gasteiger partial charge < -0.3 is 4.57 Å². The Hall–Kier alpha value is -3.23. The highest BCUT2D eigenvalue weighted by molar-refractivity contribution is 7.92. The van der Waals surface area contributed by atoms with E-state index in [1.165, 1.54) is 34.6 Å². The molecule has 0 fully saturated rings. The summed E-state index contributed by atoms with van der Waals surface area (Å²) in [5.74, 6) is -0.381. The summed E-state index contributed by atoms with van der Waals surface area (Å²) in [5.41, 5.74) is 4.18. The van der Waals surface area contributed by atoms with E-state index in [0.29, 0.717) is 16.1 Å². The number of carbonyl (C=O) groups is 1. The maximum Gasteiger partial charge on any atom is 0.279 e. The first-order valence-corrected chi connectivity index (χ1v) is 11.9. The van der Waals surface area contributed by atoms with E-state index in [2.05, 4.69) is 29.6 Å². The number of anilines is 1. The van der Waals surface area contributed by atoms with E-state index in [0.717, 1.165) is 10.2 Å². The number of rotatable bonds is 4. The molecule has 0 saturated heterocycles. The minimum absolute atomic E-state index is 0.174. The molecule has 4 aromatic rings. The number of benzene rings is 3. The molecule has 1 heterocycles. The largest absolute Gasteiger partial charge is 0.319 e. The second kappa shape index (κ2) is 8.13. The summed E-state index contributed by atoms with van der Waals surface area (Å²) in [5, 5.41) is 0. The van der Waals surface area contributed by atoms with E-state index in [-0.39, 0.29) is 10.8 Å². The van der Waals surface area contributed by atoms with Crippen LogP contribution in [-0.4, -0.2) is 18.9 Å². The molecule has 0 radical (unpaired) electrons. The highest BCUT2D eigenvalue weighted by Gasteiger charge is 2.14. The van der Waals surface area contributed by atoms with Crippen molar-refractivity contribution in [3.8, 4) is 0 Å². The Labute approximate surface area is 184 Å². The topological polar surface area (TPSA) is 80.5 Å². The van der Waals surface area contributed by atoms with Crippen molar-refractivity contribution in [2.24, 2.45) is 12.0 Å². The fourth-order valence-corrected chi connectivity index (χ4v) is 5.44. The molecule has 0 bridgehead atoms. The highest BCUT2D eigenvalue weighted by atomic mass is 32.2. The molecule has 6 nitrogen and oxygen atoms in total. The van der Waals surface area contributed by atoms with Crippen molar-refractivity contribution in [3.63, 3.8) is 0 Å². The number of aryl methyl sites for hydroxylation is 3. The summed E-state index contributed by atoms with van der Waals surface area (Å²) < 4.78 is 30.4. The molecular formula is C23H21N3O3S2. The van der Waals surface area contributed by atoms with Crippen LogP contribution in [0.1, 0.15) is 21.5 Å². The van der Waals surface area contributed by atoms with Crippen LogP contribution in [0.5, 0.6) is 0 Å². The van der Waals surface area contributed by atoms with Gasteiger partial charge in [0.05, 0.1) is 15.1 Å². The van der Waals surface area contributed by atoms with Crippen molar-refractivity contribution >= 4 is 43.2 Å². The number of nitrogens with one attached hydrogen (secondary N) is 1. The number of hydrogen-bond donors (Lipinski definition) is 1. The normalized spacial score (nSPS) is 12.3. The summed E-state index contributed by atoms with van der Waals surface area (Å²) in [4.78, 5) is 17.8. The van der Waals surface area contributed by atoms with Crippen molar-refractivity contribution in [1.82, 2.24) is 4.57 Å². The Balaban J connectivity index is 1.60. The van der Waals surface area contributed by atoms with Gasteiger partial charge in [-0.1, -0.05) is 35.6 Å². The molecule has 8 heteroatoms. The zero-order chi connectivity index (χ0) is 22.2. The van der Waals surface area contributed by atoms with Gasteiger partial charge in [0.25, 0.3) is 15.9 Å². The molecule has 0 spiro atoms. The number of hydrogen-bond acceptors (Lipinski definition) is 4. The molecule has 4 rings (SSSR count). The van der Waals surface area contributed by atoms with Crippen molar-refractivity contribution in [1.29, 1.82) is 0 Å². The molecule has 1 amide bonds. The average Bonchev–Trinajstić information content (AvgIpc) is 3.07. The Morgan fingerprint density at radius 3 is 2.32 bits per heavy atom. The van der Waals surface area contributed by atoms with Crippen molar-refractivity contribution < 1.29 is 13.2 Å². The monoisotopic (exact) mass is 451 g/mol. The Kier molecular flexibility index (Phi) is 5.51. The predicted molar refractivity (Wildman–Crippen MR) is 124 cm³/mol. The van der Waals surface area contributed by atoms with Gasteiger partial charge in [0.15, 0.2) is 4.80 Å². The summed E-state index contributed by atoms with van der Waals surface area (Å²) in [6, 6.07) is 18.5. The van der Waals surface area contributed by atoms with Gasteiger partial charge in [0.2, 0.25) is 0 Å². The van der Waals surface area contributed by atoms with Crippen LogP contribution in [0, 0.1) is 13.8 Å². The SMILES string of the molecule is Cc1ccc2sc(=NC(=O)c3ccc(NS(=O)(=O)c4ccccc4)cc3)n(C)c2c1C. The molecular weight excluding hydrogens is 430 g/mol. The Morgan fingerprint density at radius 2 is 1.65 bits per heavy atom. The fourth-order valence-electron chi connectivity index (χ4n) is 3.28. The quantitative estimate of drug-likeness (QED) is 0.499. The van der Waals surface area contributed by atoms with Crippen molar-refractivity contribution in [2.45, 2.75) is 18.7 Å². The number of thiazole rings is 1.